The number of rotatable bonds is 5. The third kappa shape index (κ3) is 3.29. The number of benzene rings is 1. The fourth-order valence-corrected chi connectivity index (χ4v) is 3.87. The fourth-order valence-electron chi connectivity index (χ4n) is 2.91. The molecule has 0 aliphatic rings. The molecule has 0 bridgehead atoms. The number of carbonyl (C=O) groups excluding carboxylic acids is 1. The molecule has 0 saturated carbocycles. The van der Waals surface area contributed by atoms with E-state index in [-0.39, 0.29) is 5.91 Å². The molecule has 0 fully saturated rings. The Balaban J connectivity index is 1.93. The maximum atomic E-state index is 13.0. The van der Waals surface area contributed by atoms with Crippen LogP contribution < -0.4 is 0 Å². The SMILES string of the molecule is C=C(C)Cn1c(C(=O)N(C)Cc2ccccc2)cc2sc(C)cc21. The first-order chi connectivity index (χ1) is 11.5. The molecule has 1 amide bonds. The Bertz CT molecular complexity index is 889. The van der Waals surface area contributed by atoms with E-state index in [1.54, 1.807) is 16.2 Å². The van der Waals surface area contributed by atoms with Crippen molar-refractivity contribution in [1.82, 2.24) is 9.47 Å². The summed E-state index contributed by atoms with van der Waals surface area (Å²) < 4.78 is 3.25. The van der Waals surface area contributed by atoms with Crippen LogP contribution in [0.15, 0.2) is 54.6 Å². The second-order valence-corrected chi connectivity index (χ2v) is 7.61. The quantitative estimate of drug-likeness (QED) is 0.610. The van der Waals surface area contributed by atoms with Gasteiger partial charge in [-0.15, -0.1) is 11.3 Å². The van der Waals surface area contributed by atoms with Gasteiger partial charge in [0.15, 0.2) is 0 Å². The Kier molecular flexibility index (Phi) is 4.58. The van der Waals surface area contributed by atoms with Crippen molar-refractivity contribution in [3.8, 4) is 0 Å². The van der Waals surface area contributed by atoms with Crippen molar-refractivity contribution in [3.05, 3.63) is 70.8 Å². The van der Waals surface area contributed by atoms with Crippen LogP contribution in [0.5, 0.6) is 0 Å². The van der Waals surface area contributed by atoms with Crippen molar-refractivity contribution >= 4 is 27.5 Å². The van der Waals surface area contributed by atoms with Crippen molar-refractivity contribution < 1.29 is 4.79 Å². The molecule has 0 radical (unpaired) electrons. The predicted molar refractivity (Wildman–Crippen MR) is 102 cm³/mol. The lowest BCUT2D eigenvalue weighted by molar-refractivity contribution is 0.0775. The van der Waals surface area contributed by atoms with Crippen LogP contribution in [-0.4, -0.2) is 22.4 Å². The van der Waals surface area contributed by atoms with Gasteiger partial charge in [0.2, 0.25) is 0 Å². The Morgan fingerprint density at radius 2 is 1.96 bits per heavy atom. The number of fused-ring (bicyclic) bond motifs is 1. The van der Waals surface area contributed by atoms with Crippen LogP contribution in [0.2, 0.25) is 0 Å². The molecule has 0 saturated heterocycles. The van der Waals surface area contributed by atoms with E-state index in [1.165, 1.54) is 4.88 Å². The van der Waals surface area contributed by atoms with Gasteiger partial charge >= 0.3 is 0 Å². The molecule has 0 aliphatic carbocycles. The van der Waals surface area contributed by atoms with E-state index < -0.39 is 0 Å². The maximum Gasteiger partial charge on any atom is 0.270 e. The van der Waals surface area contributed by atoms with Gasteiger partial charge < -0.3 is 9.47 Å². The first kappa shape index (κ1) is 16.5. The second-order valence-electron chi connectivity index (χ2n) is 6.33. The molecule has 0 aliphatic heterocycles. The molecule has 0 atom stereocenters. The molecule has 2 aromatic heterocycles. The zero-order chi connectivity index (χ0) is 17.3. The number of nitrogens with zero attached hydrogens (tertiary/aromatic N) is 2. The van der Waals surface area contributed by atoms with Crippen LogP contribution in [0.3, 0.4) is 0 Å². The molecular formula is C20H22N2OS. The minimum atomic E-state index is 0.0427. The van der Waals surface area contributed by atoms with E-state index in [9.17, 15) is 4.79 Å². The summed E-state index contributed by atoms with van der Waals surface area (Å²) in [5.41, 5.74) is 4.02. The third-order valence-electron chi connectivity index (χ3n) is 3.97. The van der Waals surface area contributed by atoms with Gasteiger partial charge in [-0.25, -0.2) is 0 Å². The van der Waals surface area contributed by atoms with Crippen molar-refractivity contribution in [1.29, 1.82) is 0 Å². The van der Waals surface area contributed by atoms with Gasteiger partial charge in [0, 0.05) is 25.0 Å². The molecule has 4 heteroatoms. The molecule has 0 unspecified atom stereocenters. The molecule has 3 nitrogen and oxygen atoms in total. The summed E-state index contributed by atoms with van der Waals surface area (Å²) in [6.07, 6.45) is 0. The first-order valence-electron chi connectivity index (χ1n) is 7.99. The molecule has 2 heterocycles. The van der Waals surface area contributed by atoms with Crippen molar-refractivity contribution in [3.63, 3.8) is 0 Å². The average Bonchev–Trinajstić information content (AvgIpc) is 3.04. The van der Waals surface area contributed by atoms with Crippen LogP contribution in [-0.2, 0) is 13.1 Å². The summed E-state index contributed by atoms with van der Waals surface area (Å²) in [6.45, 7) is 9.37. The number of amides is 1. The highest BCUT2D eigenvalue weighted by molar-refractivity contribution is 7.19. The van der Waals surface area contributed by atoms with Gasteiger partial charge in [0.1, 0.15) is 5.69 Å². The van der Waals surface area contributed by atoms with E-state index in [2.05, 4.69) is 24.1 Å². The average molecular weight is 338 g/mol. The first-order valence-corrected chi connectivity index (χ1v) is 8.81. The summed E-state index contributed by atoms with van der Waals surface area (Å²) >= 11 is 1.73. The lowest BCUT2D eigenvalue weighted by Crippen LogP contribution is -2.28. The Morgan fingerprint density at radius 1 is 1.25 bits per heavy atom. The highest BCUT2D eigenvalue weighted by atomic mass is 32.1. The Labute approximate surface area is 146 Å². The monoisotopic (exact) mass is 338 g/mol. The molecule has 1 aromatic carbocycles. The van der Waals surface area contributed by atoms with Gasteiger partial charge in [-0.2, -0.15) is 0 Å². The van der Waals surface area contributed by atoms with Gasteiger partial charge in [-0.1, -0.05) is 42.5 Å². The number of aryl methyl sites for hydroxylation is 1. The summed E-state index contributed by atoms with van der Waals surface area (Å²) in [7, 11) is 1.85. The Morgan fingerprint density at radius 3 is 2.62 bits per heavy atom. The van der Waals surface area contributed by atoms with Gasteiger partial charge in [0.25, 0.3) is 5.91 Å². The Hall–Kier alpha value is -2.33. The largest absolute Gasteiger partial charge is 0.336 e. The van der Waals surface area contributed by atoms with Crippen LogP contribution in [0, 0.1) is 6.92 Å². The molecule has 0 spiro atoms. The minimum Gasteiger partial charge on any atom is -0.336 e. The number of hydrogen-bond donors (Lipinski definition) is 0. The normalized spacial score (nSPS) is 11.0. The summed E-state index contributed by atoms with van der Waals surface area (Å²) in [4.78, 5) is 16.0. The summed E-state index contributed by atoms with van der Waals surface area (Å²) in [5.74, 6) is 0.0427. The van der Waals surface area contributed by atoms with Crippen molar-refractivity contribution in [2.24, 2.45) is 0 Å². The zero-order valence-electron chi connectivity index (χ0n) is 14.4. The number of hydrogen-bond acceptors (Lipinski definition) is 2. The number of aromatic nitrogens is 1. The van der Waals surface area contributed by atoms with E-state index in [1.807, 2.05) is 50.4 Å². The van der Waals surface area contributed by atoms with Crippen LogP contribution in [0.1, 0.15) is 27.9 Å². The smallest absolute Gasteiger partial charge is 0.270 e. The molecular weight excluding hydrogens is 316 g/mol. The second kappa shape index (κ2) is 6.65. The van der Waals surface area contributed by atoms with E-state index in [0.29, 0.717) is 13.1 Å². The number of carbonyl (C=O) groups is 1. The summed E-state index contributed by atoms with van der Waals surface area (Å²) in [5, 5.41) is 0. The predicted octanol–water partition coefficient (Wildman–Crippen LogP) is 4.86. The zero-order valence-corrected chi connectivity index (χ0v) is 15.2. The topological polar surface area (TPSA) is 25.2 Å². The standard InChI is InChI=1S/C20H22N2OS/c1-14(2)12-22-17-10-15(3)24-19(17)11-18(22)20(23)21(4)13-16-8-6-5-7-9-16/h5-11H,1,12-13H2,2-4H3. The molecule has 124 valence electrons. The van der Waals surface area contributed by atoms with Crippen molar-refractivity contribution in [2.75, 3.05) is 7.05 Å². The van der Waals surface area contributed by atoms with Crippen LogP contribution in [0.4, 0.5) is 0 Å². The minimum absolute atomic E-state index is 0.0427. The van der Waals surface area contributed by atoms with E-state index in [0.717, 1.165) is 27.0 Å². The van der Waals surface area contributed by atoms with Crippen LogP contribution >= 0.6 is 11.3 Å². The highest BCUT2D eigenvalue weighted by Gasteiger charge is 2.20. The summed E-state index contributed by atoms with van der Waals surface area (Å²) in [6, 6.07) is 14.2. The van der Waals surface area contributed by atoms with E-state index in [4.69, 9.17) is 0 Å². The van der Waals surface area contributed by atoms with Crippen molar-refractivity contribution in [2.45, 2.75) is 26.9 Å². The maximum absolute atomic E-state index is 13.0. The number of allylic oxidation sites excluding steroid dienone is 1. The molecule has 0 N–H and O–H groups in total. The highest BCUT2D eigenvalue weighted by Crippen LogP contribution is 2.30. The van der Waals surface area contributed by atoms with Gasteiger partial charge in [-0.3, -0.25) is 4.79 Å². The molecule has 3 aromatic rings. The molecule has 24 heavy (non-hydrogen) atoms. The van der Waals surface area contributed by atoms with E-state index >= 15 is 0 Å². The number of thiophene rings is 1. The van der Waals surface area contributed by atoms with Gasteiger partial charge in [0.05, 0.1) is 10.2 Å². The van der Waals surface area contributed by atoms with Crippen LogP contribution in [0.25, 0.3) is 10.2 Å². The lowest BCUT2D eigenvalue weighted by Gasteiger charge is -2.19. The molecule has 3 rings (SSSR count). The van der Waals surface area contributed by atoms with Gasteiger partial charge in [-0.05, 0) is 31.5 Å². The lowest BCUT2D eigenvalue weighted by atomic mass is 10.2. The third-order valence-corrected chi connectivity index (χ3v) is 4.96. The fraction of sp³-hybridized carbons (Fsp3) is 0.250.